The quantitative estimate of drug-likeness (QED) is 0.808. The molecule has 5 nitrogen and oxygen atoms in total. The van der Waals surface area contributed by atoms with Crippen molar-refractivity contribution in [1.82, 2.24) is 9.80 Å². The summed E-state index contributed by atoms with van der Waals surface area (Å²) in [5, 5.41) is 9.02. The minimum atomic E-state index is -0.805. The van der Waals surface area contributed by atoms with Gasteiger partial charge >= 0.3 is 5.97 Å². The van der Waals surface area contributed by atoms with E-state index in [4.69, 9.17) is 5.11 Å². The molecular weight excluding hydrogens is 256 g/mol. The van der Waals surface area contributed by atoms with Crippen LogP contribution in [0.25, 0.3) is 0 Å². The number of carboxylic acids is 1. The fourth-order valence-corrected chi connectivity index (χ4v) is 2.38. The molecule has 0 aromatic heterocycles. The van der Waals surface area contributed by atoms with Crippen molar-refractivity contribution in [2.24, 2.45) is 5.92 Å². The number of amides is 1. The molecule has 0 bridgehead atoms. The van der Waals surface area contributed by atoms with E-state index < -0.39 is 12.0 Å². The Balaban J connectivity index is 0.00000162. The highest BCUT2D eigenvalue weighted by Gasteiger charge is 2.33. The highest BCUT2D eigenvalue weighted by Crippen LogP contribution is 2.29. The lowest BCUT2D eigenvalue weighted by Crippen LogP contribution is -2.43. The highest BCUT2D eigenvalue weighted by atomic mass is 35.5. The number of aliphatic carboxylic acids is 1. The van der Waals surface area contributed by atoms with Crippen molar-refractivity contribution in [3.63, 3.8) is 0 Å². The van der Waals surface area contributed by atoms with Crippen LogP contribution in [-0.4, -0.2) is 59.5 Å². The van der Waals surface area contributed by atoms with Gasteiger partial charge in [-0.1, -0.05) is 0 Å². The normalized spacial score (nSPS) is 23.5. The molecule has 1 saturated heterocycles. The van der Waals surface area contributed by atoms with Gasteiger partial charge in [0.15, 0.2) is 0 Å². The maximum atomic E-state index is 11.9. The topological polar surface area (TPSA) is 60.9 Å². The van der Waals surface area contributed by atoms with Gasteiger partial charge in [0.05, 0.1) is 6.54 Å². The van der Waals surface area contributed by atoms with Crippen LogP contribution in [0.4, 0.5) is 0 Å². The Labute approximate surface area is 114 Å². The molecule has 1 aliphatic heterocycles. The predicted molar refractivity (Wildman–Crippen MR) is 69.8 cm³/mol. The van der Waals surface area contributed by atoms with E-state index in [2.05, 4.69) is 0 Å². The van der Waals surface area contributed by atoms with Crippen molar-refractivity contribution >= 4 is 24.3 Å². The van der Waals surface area contributed by atoms with E-state index in [1.807, 2.05) is 7.05 Å². The molecule has 6 heteroatoms. The first-order valence-corrected chi connectivity index (χ1v) is 6.28. The number of likely N-dealkylation sites (tertiary alicyclic amines) is 1. The molecule has 2 aliphatic rings. The summed E-state index contributed by atoms with van der Waals surface area (Å²) in [4.78, 5) is 26.4. The van der Waals surface area contributed by atoms with Crippen LogP contribution in [0.3, 0.4) is 0 Å². The van der Waals surface area contributed by atoms with E-state index >= 15 is 0 Å². The second kappa shape index (κ2) is 6.38. The highest BCUT2D eigenvalue weighted by molar-refractivity contribution is 5.85. The maximum Gasteiger partial charge on any atom is 0.320 e. The van der Waals surface area contributed by atoms with Crippen LogP contribution in [0, 0.1) is 5.92 Å². The molecule has 1 heterocycles. The van der Waals surface area contributed by atoms with Gasteiger partial charge in [-0.05, 0) is 38.1 Å². The molecule has 1 amide bonds. The molecule has 0 aromatic rings. The van der Waals surface area contributed by atoms with Gasteiger partial charge in [0.2, 0.25) is 5.91 Å². The first-order valence-electron chi connectivity index (χ1n) is 6.28. The van der Waals surface area contributed by atoms with Crippen LogP contribution >= 0.6 is 12.4 Å². The molecule has 2 fully saturated rings. The molecule has 18 heavy (non-hydrogen) atoms. The van der Waals surface area contributed by atoms with Crippen LogP contribution in [-0.2, 0) is 9.59 Å². The molecule has 1 aliphatic carbocycles. The SMILES string of the molecule is CN(CC1CC1)C(=O)CN1CCC[C@H]1C(=O)O.Cl. The van der Waals surface area contributed by atoms with Gasteiger partial charge in [0.1, 0.15) is 6.04 Å². The number of rotatable bonds is 5. The number of carboxylic acid groups (broad SMARTS) is 1. The lowest BCUT2D eigenvalue weighted by Gasteiger charge is -2.24. The first-order chi connectivity index (χ1) is 8.08. The summed E-state index contributed by atoms with van der Waals surface area (Å²) in [6.07, 6.45) is 3.98. The Morgan fingerprint density at radius 3 is 2.56 bits per heavy atom. The van der Waals surface area contributed by atoms with E-state index in [1.54, 1.807) is 9.80 Å². The largest absolute Gasteiger partial charge is 0.480 e. The lowest BCUT2D eigenvalue weighted by molar-refractivity contribution is -0.143. The molecule has 0 spiro atoms. The number of likely N-dealkylation sites (N-methyl/N-ethyl adjacent to an activating group) is 1. The van der Waals surface area contributed by atoms with E-state index in [0.717, 1.165) is 19.5 Å². The van der Waals surface area contributed by atoms with Gasteiger partial charge in [-0.15, -0.1) is 12.4 Å². The lowest BCUT2D eigenvalue weighted by atomic mass is 10.2. The monoisotopic (exact) mass is 276 g/mol. The predicted octanol–water partition coefficient (Wildman–Crippen LogP) is 0.826. The molecule has 2 rings (SSSR count). The second-order valence-electron chi connectivity index (χ2n) is 5.18. The Morgan fingerprint density at radius 2 is 2.00 bits per heavy atom. The molecule has 0 unspecified atom stereocenters. The molecular formula is C12H21ClN2O3. The van der Waals surface area contributed by atoms with Gasteiger partial charge in [0, 0.05) is 13.6 Å². The smallest absolute Gasteiger partial charge is 0.320 e. The summed E-state index contributed by atoms with van der Waals surface area (Å²) in [6, 6.07) is -0.465. The molecule has 0 aromatic carbocycles. The second-order valence-corrected chi connectivity index (χ2v) is 5.18. The van der Waals surface area contributed by atoms with Crippen LogP contribution in [0.2, 0.25) is 0 Å². The summed E-state index contributed by atoms with van der Waals surface area (Å²) in [5.74, 6) is -0.0806. The van der Waals surface area contributed by atoms with Gasteiger partial charge in [-0.3, -0.25) is 14.5 Å². The van der Waals surface area contributed by atoms with Crippen LogP contribution < -0.4 is 0 Å². The Kier molecular flexibility index (Phi) is 5.41. The van der Waals surface area contributed by atoms with E-state index in [-0.39, 0.29) is 24.9 Å². The summed E-state index contributed by atoms with van der Waals surface area (Å²) in [6.45, 7) is 1.80. The van der Waals surface area contributed by atoms with E-state index in [1.165, 1.54) is 12.8 Å². The fraction of sp³-hybridized carbons (Fsp3) is 0.833. The summed E-state index contributed by atoms with van der Waals surface area (Å²) >= 11 is 0. The van der Waals surface area contributed by atoms with Crippen molar-refractivity contribution in [3.05, 3.63) is 0 Å². The van der Waals surface area contributed by atoms with Gasteiger partial charge in [-0.2, -0.15) is 0 Å². The van der Waals surface area contributed by atoms with Crippen LogP contribution in [0.15, 0.2) is 0 Å². The van der Waals surface area contributed by atoms with E-state index in [9.17, 15) is 9.59 Å². The van der Waals surface area contributed by atoms with Crippen molar-refractivity contribution in [3.8, 4) is 0 Å². The third kappa shape index (κ3) is 3.85. The number of hydrogen-bond donors (Lipinski definition) is 1. The minimum Gasteiger partial charge on any atom is -0.480 e. The maximum absolute atomic E-state index is 11.9. The third-order valence-electron chi connectivity index (χ3n) is 3.64. The van der Waals surface area contributed by atoms with Crippen molar-refractivity contribution in [2.75, 3.05) is 26.7 Å². The van der Waals surface area contributed by atoms with Gasteiger partial charge in [0.25, 0.3) is 0 Å². The zero-order valence-corrected chi connectivity index (χ0v) is 11.5. The Hall–Kier alpha value is -0.810. The number of carbonyl (C=O) groups excluding carboxylic acids is 1. The number of halogens is 1. The standard InChI is InChI=1S/C12H20N2O3.ClH/c1-13(7-9-4-5-9)11(15)8-14-6-2-3-10(14)12(16)17;/h9-10H,2-8H2,1H3,(H,16,17);1H/t10-;/m0./s1. The van der Waals surface area contributed by atoms with E-state index in [0.29, 0.717) is 12.3 Å². The van der Waals surface area contributed by atoms with Crippen LogP contribution in [0.5, 0.6) is 0 Å². The zero-order valence-electron chi connectivity index (χ0n) is 10.7. The summed E-state index contributed by atoms with van der Waals surface area (Å²) in [7, 11) is 1.81. The van der Waals surface area contributed by atoms with Crippen LogP contribution in [0.1, 0.15) is 25.7 Å². The first kappa shape index (κ1) is 15.2. The van der Waals surface area contributed by atoms with Crippen molar-refractivity contribution in [2.45, 2.75) is 31.7 Å². The molecule has 1 N–H and O–H groups in total. The molecule has 0 radical (unpaired) electrons. The average Bonchev–Trinajstić information content (AvgIpc) is 2.94. The number of hydrogen-bond acceptors (Lipinski definition) is 3. The fourth-order valence-electron chi connectivity index (χ4n) is 2.38. The molecule has 104 valence electrons. The number of carbonyl (C=O) groups is 2. The third-order valence-corrected chi connectivity index (χ3v) is 3.64. The average molecular weight is 277 g/mol. The van der Waals surface area contributed by atoms with Crippen molar-refractivity contribution in [1.29, 1.82) is 0 Å². The minimum absolute atomic E-state index is 0. The van der Waals surface area contributed by atoms with Crippen molar-refractivity contribution < 1.29 is 14.7 Å². The molecule has 1 atom stereocenters. The summed E-state index contributed by atoms with van der Waals surface area (Å²) < 4.78 is 0. The Bertz CT molecular complexity index is 320. The van der Waals surface area contributed by atoms with Gasteiger partial charge in [-0.25, -0.2) is 0 Å². The Morgan fingerprint density at radius 1 is 1.33 bits per heavy atom. The summed E-state index contributed by atoms with van der Waals surface area (Å²) in [5.41, 5.74) is 0. The molecule has 1 saturated carbocycles. The zero-order chi connectivity index (χ0) is 12.4. The number of nitrogens with zero attached hydrogens (tertiary/aromatic N) is 2. The van der Waals surface area contributed by atoms with Gasteiger partial charge < -0.3 is 10.0 Å².